The number of esters is 2. The Morgan fingerprint density at radius 3 is 2.58 bits per heavy atom. The van der Waals surface area contributed by atoms with E-state index in [1.807, 2.05) is 0 Å². The SMILES string of the molecule is O=C1/C=C/C(=O)Oc2nc3c(O)cccc3cc2O1. The molecule has 0 saturated carbocycles. The summed E-state index contributed by atoms with van der Waals surface area (Å²) in [7, 11) is 0. The smallest absolute Gasteiger partial charge is 0.337 e. The quantitative estimate of drug-likeness (QED) is 0.716. The third kappa shape index (κ3) is 1.99. The summed E-state index contributed by atoms with van der Waals surface area (Å²) >= 11 is 0. The third-order valence-corrected chi connectivity index (χ3v) is 2.52. The molecule has 2 aromatic rings. The zero-order valence-electron chi connectivity index (χ0n) is 9.49. The van der Waals surface area contributed by atoms with Gasteiger partial charge in [0.25, 0.3) is 5.88 Å². The van der Waals surface area contributed by atoms with Crippen LogP contribution in [-0.4, -0.2) is 22.0 Å². The molecule has 0 amide bonds. The first-order valence-corrected chi connectivity index (χ1v) is 5.38. The van der Waals surface area contributed by atoms with Crippen molar-refractivity contribution in [1.29, 1.82) is 0 Å². The first kappa shape index (κ1) is 11.2. The number of aromatic nitrogens is 1. The van der Waals surface area contributed by atoms with Crippen molar-refractivity contribution in [3.05, 3.63) is 36.4 Å². The minimum Gasteiger partial charge on any atom is -0.506 e. The van der Waals surface area contributed by atoms with E-state index < -0.39 is 11.9 Å². The maximum absolute atomic E-state index is 11.4. The van der Waals surface area contributed by atoms with Crippen molar-refractivity contribution >= 4 is 22.8 Å². The highest BCUT2D eigenvalue weighted by Gasteiger charge is 2.18. The average Bonchev–Trinajstić information content (AvgIpc) is 2.37. The lowest BCUT2D eigenvalue weighted by atomic mass is 10.2. The maximum Gasteiger partial charge on any atom is 0.337 e. The van der Waals surface area contributed by atoms with E-state index in [-0.39, 0.29) is 22.9 Å². The van der Waals surface area contributed by atoms with Gasteiger partial charge in [0.1, 0.15) is 11.3 Å². The van der Waals surface area contributed by atoms with Gasteiger partial charge >= 0.3 is 11.9 Å². The van der Waals surface area contributed by atoms with Crippen LogP contribution in [0.4, 0.5) is 0 Å². The second kappa shape index (κ2) is 4.09. The lowest BCUT2D eigenvalue weighted by molar-refractivity contribution is -0.133. The van der Waals surface area contributed by atoms with Crippen LogP contribution in [0, 0.1) is 0 Å². The van der Waals surface area contributed by atoms with E-state index in [0.717, 1.165) is 12.2 Å². The van der Waals surface area contributed by atoms with Crippen LogP contribution >= 0.6 is 0 Å². The largest absolute Gasteiger partial charge is 0.506 e. The maximum atomic E-state index is 11.4. The monoisotopic (exact) mass is 257 g/mol. The number of pyridine rings is 1. The molecule has 94 valence electrons. The topological polar surface area (TPSA) is 85.7 Å². The summed E-state index contributed by atoms with van der Waals surface area (Å²) in [6, 6.07) is 6.25. The molecule has 0 aliphatic carbocycles. The molecular weight excluding hydrogens is 250 g/mol. The summed E-state index contributed by atoms with van der Waals surface area (Å²) in [5.74, 6) is -1.61. The van der Waals surface area contributed by atoms with Crippen LogP contribution in [0.5, 0.6) is 17.4 Å². The minimum absolute atomic E-state index is 0.0285. The number of ether oxygens (including phenoxy) is 2. The van der Waals surface area contributed by atoms with Gasteiger partial charge < -0.3 is 14.6 Å². The fourth-order valence-corrected chi connectivity index (χ4v) is 1.70. The number of hydrogen-bond acceptors (Lipinski definition) is 6. The van der Waals surface area contributed by atoms with Gasteiger partial charge in [-0.3, -0.25) is 0 Å². The van der Waals surface area contributed by atoms with E-state index in [1.165, 1.54) is 12.1 Å². The highest BCUT2D eigenvalue weighted by Crippen LogP contribution is 2.33. The van der Waals surface area contributed by atoms with Crippen LogP contribution in [0.25, 0.3) is 10.9 Å². The Morgan fingerprint density at radius 2 is 1.79 bits per heavy atom. The van der Waals surface area contributed by atoms with E-state index >= 15 is 0 Å². The molecule has 1 aromatic carbocycles. The Kier molecular flexibility index (Phi) is 2.42. The van der Waals surface area contributed by atoms with E-state index in [9.17, 15) is 14.7 Å². The van der Waals surface area contributed by atoms with Gasteiger partial charge in [-0.05, 0) is 12.1 Å². The lowest BCUT2D eigenvalue weighted by Gasteiger charge is -2.11. The van der Waals surface area contributed by atoms with E-state index in [2.05, 4.69) is 4.98 Å². The molecule has 2 heterocycles. The third-order valence-electron chi connectivity index (χ3n) is 2.52. The lowest BCUT2D eigenvalue weighted by Crippen LogP contribution is -2.14. The molecule has 19 heavy (non-hydrogen) atoms. The van der Waals surface area contributed by atoms with Gasteiger partial charge in [-0.15, -0.1) is 0 Å². The van der Waals surface area contributed by atoms with Crippen molar-refractivity contribution in [2.24, 2.45) is 0 Å². The van der Waals surface area contributed by atoms with Gasteiger partial charge in [-0.1, -0.05) is 12.1 Å². The first-order chi connectivity index (χ1) is 9.13. The molecule has 1 aliphatic rings. The summed E-state index contributed by atoms with van der Waals surface area (Å²) in [5, 5.41) is 10.3. The summed E-state index contributed by atoms with van der Waals surface area (Å²) in [4.78, 5) is 26.7. The summed E-state index contributed by atoms with van der Waals surface area (Å²) < 4.78 is 9.91. The highest BCUT2D eigenvalue weighted by atomic mass is 16.6. The predicted molar refractivity (Wildman–Crippen MR) is 63.8 cm³/mol. The predicted octanol–water partition coefficient (Wildman–Crippen LogP) is 1.32. The Balaban J connectivity index is 2.23. The molecule has 1 aromatic heterocycles. The van der Waals surface area contributed by atoms with Crippen molar-refractivity contribution in [2.45, 2.75) is 0 Å². The Morgan fingerprint density at radius 1 is 1.05 bits per heavy atom. The summed E-state index contributed by atoms with van der Waals surface area (Å²) in [6.45, 7) is 0. The molecule has 3 rings (SSSR count). The molecular formula is C13H7NO5. The van der Waals surface area contributed by atoms with Gasteiger partial charge in [0.05, 0.1) is 0 Å². The highest BCUT2D eigenvalue weighted by molar-refractivity contribution is 5.96. The van der Waals surface area contributed by atoms with Crippen LogP contribution < -0.4 is 9.47 Å². The molecule has 6 nitrogen and oxygen atoms in total. The summed E-state index contributed by atoms with van der Waals surface area (Å²) in [6.07, 6.45) is 1.92. The average molecular weight is 257 g/mol. The molecule has 6 heteroatoms. The fraction of sp³-hybridized carbons (Fsp3) is 0. The molecule has 1 N–H and O–H groups in total. The fourth-order valence-electron chi connectivity index (χ4n) is 1.70. The molecule has 0 radical (unpaired) electrons. The van der Waals surface area contributed by atoms with Crippen molar-refractivity contribution in [3.63, 3.8) is 0 Å². The number of rotatable bonds is 0. The number of benzene rings is 1. The van der Waals surface area contributed by atoms with Crippen LogP contribution in [0.15, 0.2) is 36.4 Å². The van der Waals surface area contributed by atoms with Gasteiger partial charge in [0.15, 0.2) is 5.75 Å². The van der Waals surface area contributed by atoms with Crippen molar-refractivity contribution in [3.8, 4) is 17.4 Å². The van der Waals surface area contributed by atoms with Crippen LogP contribution in [0.2, 0.25) is 0 Å². The number of hydrogen-bond donors (Lipinski definition) is 1. The number of aromatic hydroxyl groups is 1. The standard InChI is InChI=1S/C13H7NO5/c15-8-3-1-2-7-6-9-13(14-12(7)8)19-11(17)5-4-10(16)18-9/h1-6,15H/b5-4+. The second-order valence-electron chi connectivity index (χ2n) is 3.82. The number of nitrogens with zero attached hydrogens (tertiary/aromatic N) is 1. The van der Waals surface area contributed by atoms with Crippen LogP contribution in [0.1, 0.15) is 0 Å². The number of carbonyl (C=O) groups excluding carboxylic acids is 2. The normalized spacial score (nSPS) is 16.0. The molecule has 0 saturated heterocycles. The first-order valence-electron chi connectivity index (χ1n) is 5.38. The van der Waals surface area contributed by atoms with Gasteiger partial charge in [-0.25, -0.2) is 14.6 Å². The Bertz CT molecular complexity index is 735. The number of phenolic OH excluding ortho intramolecular Hbond substituents is 1. The Labute approximate surface area is 106 Å². The van der Waals surface area contributed by atoms with Gasteiger partial charge in [-0.2, -0.15) is 0 Å². The van der Waals surface area contributed by atoms with Gasteiger partial charge in [0.2, 0.25) is 0 Å². The molecule has 0 spiro atoms. The zero-order chi connectivity index (χ0) is 13.4. The number of para-hydroxylation sites is 1. The van der Waals surface area contributed by atoms with Crippen LogP contribution in [0.3, 0.4) is 0 Å². The van der Waals surface area contributed by atoms with Crippen molar-refractivity contribution in [2.75, 3.05) is 0 Å². The van der Waals surface area contributed by atoms with E-state index in [0.29, 0.717) is 5.39 Å². The minimum atomic E-state index is -0.736. The molecule has 0 fully saturated rings. The van der Waals surface area contributed by atoms with Crippen LogP contribution in [-0.2, 0) is 9.59 Å². The van der Waals surface area contributed by atoms with E-state index in [1.54, 1.807) is 12.1 Å². The van der Waals surface area contributed by atoms with Crippen molar-refractivity contribution in [1.82, 2.24) is 4.98 Å². The number of fused-ring (bicyclic) bond motifs is 2. The number of carbonyl (C=O) groups is 2. The summed E-state index contributed by atoms with van der Waals surface area (Å²) in [5.41, 5.74) is 0.259. The second-order valence-corrected chi connectivity index (χ2v) is 3.82. The molecule has 0 unspecified atom stereocenters. The zero-order valence-corrected chi connectivity index (χ0v) is 9.49. The van der Waals surface area contributed by atoms with E-state index in [4.69, 9.17) is 9.47 Å². The molecule has 0 bridgehead atoms. The number of phenols is 1. The molecule has 0 atom stereocenters. The molecule has 1 aliphatic heterocycles. The van der Waals surface area contributed by atoms with Crippen molar-refractivity contribution < 1.29 is 24.2 Å². The Hall–Kier alpha value is -2.89. The van der Waals surface area contributed by atoms with Gasteiger partial charge in [0, 0.05) is 17.5 Å².